The van der Waals surface area contributed by atoms with Crippen LogP contribution in [0.3, 0.4) is 0 Å². The van der Waals surface area contributed by atoms with Crippen LogP contribution in [0.2, 0.25) is 0 Å². The third-order valence-electron chi connectivity index (χ3n) is 6.61. The van der Waals surface area contributed by atoms with Crippen molar-refractivity contribution in [3.63, 3.8) is 0 Å². The number of rotatable bonds is 8. The van der Waals surface area contributed by atoms with E-state index in [1.165, 1.54) is 55.7 Å². The van der Waals surface area contributed by atoms with Gasteiger partial charge in [0.15, 0.2) is 0 Å². The Labute approximate surface area is 279 Å². The first-order chi connectivity index (χ1) is 21.5. The minimum absolute atomic E-state index is 1.08. The molecule has 0 saturated carbocycles. The Morgan fingerprint density at radius 1 is 0.667 bits per heavy atom. The molecule has 0 amide bonds. The molecular weight excluding hydrogens is 540 g/mol. The van der Waals surface area contributed by atoms with E-state index in [-0.39, 0.29) is 0 Å². The fraction of sp³-hybridized carbons (Fsp3) is 0.333. The van der Waals surface area contributed by atoms with Crippen molar-refractivity contribution in [2.75, 3.05) is 0 Å². The Morgan fingerprint density at radius 3 is 1.69 bits per heavy atom. The molecule has 3 aromatic rings. The van der Waals surface area contributed by atoms with E-state index in [0.29, 0.717) is 0 Å². The second kappa shape index (κ2) is 26.5. The largest absolute Gasteiger partial charge is 0.0988 e. The van der Waals surface area contributed by atoms with Gasteiger partial charge in [0.05, 0.1) is 0 Å². The summed E-state index contributed by atoms with van der Waals surface area (Å²) in [5.74, 6) is 0. The van der Waals surface area contributed by atoms with Crippen LogP contribution in [0, 0.1) is 13.8 Å². The Bertz CT molecular complexity index is 1360. The molecule has 0 atom stereocenters. The van der Waals surface area contributed by atoms with Gasteiger partial charge in [-0.1, -0.05) is 175 Å². The van der Waals surface area contributed by atoms with Gasteiger partial charge in [0.25, 0.3) is 0 Å². The lowest BCUT2D eigenvalue weighted by Gasteiger charge is -2.09. The summed E-state index contributed by atoms with van der Waals surface area (Å²) in [6.07, 6.45) is 12.8. The van der Waals surface area contributed by atoms with E-state index >= 15 is 0 Å². The summed E-state index contributed by atoms with van der Waals surface area (Å²) in [6.45, 7) is 34.8. The average Bonchev–Trinajstić information content (AvgIpc) is 3.05. The lowest BCUT2D eigenvalue weighted by molar-refractivity contribution is 1.09. The molecule has 0 aliphatic heterocycles. The van der Waals surface area contributed by atoms with Crippen LogP contribution in [-0.4, -0.2) is 0 Å². The molecule has 0 unspecified atom stereocenters. The third kappa shape index (κ3) is 19.9. The van der Waals surface area contributed by atoms with E-state index in [1.54, 1.807) is 0 Å². The Kier molecular flexibility index (Phi) is 25.5. The fourth-order valence-electron chi connectivity index (χ4n) is 3.99. The lowest BCUT2D eigenvalue weighted by atomic mass is 9.96. The second-order valence-corrected chi connectivity index (χ2v) is 10.8. The van der Waals surface area contributed by atoms with E-state index in [0.717, 1.165) is 18.4 Å². The number of hydrogen-bond acceptors (Lipinski definition) is 0. The molecule has 0 bridgehead atoms. The molecule has 0 aliphatic rings. The summed E-state index contributed by atoms with van der Waals surface area (Å²) >= 11 is 0. The standard InChI is InChI=1S/C19H24.C12H14.C10H14.2C2H6/c1-7-15(4)17(6)13-18(12-14(2)3)19-11-9-8-10-16(19)5;1-10(2)7-8-12-6-4-5-11(3)9-12;1-3-9-6-5-7-10(4-2)8-9;2*1-2/h7-13H,1H2,2-6H3;4-9H,1H2,2-3H3;5-8H,3-4H2,1-2H3;2*1-2H3/b17-15+,18-13+;8-7+;;;. The molecule has 0 aromatic heterocycles. The molecule has 0 N–H and O–H groups in total. The zero-order chi connectivity index (χ0) is 34.8. The second-order valence-electron chi connectivity index (χ2n) is 10.8. The van der Waals surface area contributed by atoms with Crippen LogP contribution in [0.5, 0.6) is 0 Å². The van der Waals surface area contributed by atoms with Gasteiger partial charge >= 0.3 is 0 Å². The SMILES string of the molecule is C=C(C)/C=C/c1cccc(C)c1.C=C/C(C)=C(C)/C=C(\C=C(C)C)c1ccccc1C.CC.CC.CCc1cccc(CC)c1. The van der Waals surface area contributed by atoms with Crippen molar-refractivity contribution in [1.82, 2.24) is 0 Å². The average molecular weight is 605 g/mol. The molecule has 0 heterocycles. The predicted molar refractivity (Wildman–Crippen MR) is 210 cm³/mol. The van der Waals surface area contributed by atoms with E-state index in [2.05, 4.69) is 160 Å². The molecule has 45 heavy (non-hydrogen) atoms. The van der Waals surface area contributed by atoms with Gasteiger partial charge in [-0.3, -0.25) is 0 Å². The molecule has 0 radical (unpaired) electrons. The minimum Gasteiger partial charge on any atom is -0.0988 e. The van der Waals surface area contributed by atoms with Crippen LogP contribution in [0.25, 0.3) is 11.6 Å². The Hall–Kier alpha value is -3.90. The van der Waals surface area contributed by atoms with Crippen LogP contribution in [0.1, 0.15) is 110 Å². The van der Waals surface area contributed by atoms with Crippen LogP contribution in [-0.2, 0) is 12.8 Å². The molecule has 3 aromatic carbocycles. The van der Waals surface area contributed by atoms with Crippen molar-refractivity contribution in [2.45, 2.75) is 103 Å². The van der Waals surface area contributed by atoms with Crippen molar-refractivity contribution < 1.29 is 0 Å². The zero-order valence-electron chi connectivity index (χ0n) is 31.1. The van der Waals surface area contributed by atoms with E-state index in [9.17, 15) is 0 Å². The normalized spacial score (nSPS) is 10.6. The first-order valence-electron chi connectivity index (χ1n) is 16.7. The fourth-order valence-corrected chi connectivity index (χ4v) is 3.99. The molecular formula is C45H64. The highest BCUT2D eigenvalue weighted by Gasteiger charge is 2.03. The van der Waals surface area contributed by atoms with Gasteiger partial charge in [-0.2, -0.15) is 0 Å². The van der Waals surface area contributed by atoms with Crippen molar-refractivity contribution >= 4 is 11.6 Å². The molecule has 0 saturated heterocycles. The van der Waals surface area contributed by atoms with Crippen LogP contribution in [0.15, 0.2) is 133 Å². The summed E-state index contributed by atoms with van der Waals surface area (Å²) in [4.78, 5) is 0. The quantitative estimate of drug-likeness (QED) is 0.224. The van der Waals surface area contributed by atoms with Crippen molar-refractivity contribution in [3.05, 3.63) is 166 Å². The van der Waals surface area contributed by atoms with E-state index in [4.69, 9.17) is 0 Å². The summed E-state index contributed by atoms with van der Waals surface area (Å²) < 4.78 is 0. The van der Waals surface area contributed by atoms with Gasteiger partial charge in [-0.15, -0.1) is 0 Å². The van der Waals surface area contributed by atoms with E-state index < -0.39 is 0 Å². The zero-order valence-corrected chi connectivity index (χ0v) is 31.1. The van der Waals surface area contributed by atoms with Gasteiger partial charge in [0, 0.05) is 0 Å². The lowest BCUT2D eigenvalue weighted by Crippen LogP contribution is -1.88. The maximum atomic E-state index is 3.84. The topological polar surface area (TPSA) is 0 Å². The summed E-state index contributed by atoms with van der Waals surface area (Å²) in [7, 11) is 0. The van der Waals surface area contributed by atoms with Crippen molar-refractivity contribution in [2.24, 2.45) is 0 Å². The van der Waals surface area contributed by atoms with Gasteiger partial charge in [0.2, 0.25) is 0 Å². The molecule has 3 rings (SSSR count). The highest BCUT2D eigenvalue weighted by Crippen LogP contribution is 2.24. The minimum atomic E-state index is 1.08. The maximum absolute atomic E-state index is 3.84. The smallest absolute Gasteiger partial charge is 0.0155 e. The number of aryl methyl sites for hydroxylation is 4. The summed E-state index contributed by atoms with van der Waals surface area (Å²) in [6, 6.07) is 25.7. The van der Waals surface area contributed by atoms with Gasteiger partial charge in [0.1, 0.15) is 0 Å². The Balaban J connectivity index is 0. The number of hydrogen-bond donors (Lipinski definition) is 0. The monoisotopic (exact) mass is 605 g/mol. The molecule has 0 nitrogen and oxygen atoms in total. The molecule has 0 heteroatoms. The third-order valence-corrected chi connectivity index (χ3v) is 6.61. The summed E-state index contributed by atoms with van der Waals surface area (Å²) in [5, 5.41) is 0. The van der Waals surface area contributed by atoms with Crippen molar-refractivity contribution in [1.29, 1.82) is 0 Å². The predicted octanol–water partition coefficient (Wildman–Crippen LogP) is 14.3. The maximum Gasteiger partial charge on any atom is -0.0155 e. The first kappa shape index (κ1) is 43.2. The first-order valence-corrected chi connectivity index (χ1v) is 16.7. The van der Waals surface area contributed by atoms with Gasteiger partial charge < -0.3 is 0 Å². The van der Waals surface area contributed by atoms with Crippen molar-refractivity contribution in [3.8, 4) is 0 Å². The Morgan fingerprint density at radius 2 is 1.22 bits per heavy atom. The van der Waals surface area contributed by atoms with Crippen LogP contribution >= 0.6 is 0 Å². The highest BCUT2D eigenvalue weighted by atomic mass is 14.1. The van der Waals surface area contributed by atoms with Gasteiger partial charge in [-0.05, 0) is 106 Å². The van der Waals surface area contributed by atoms with Gasteiger partial charge in [-0.25, -0.2) is 0 Å². The molecule has 0 spiro atoms. The molecule has 0 fully saturated rings. The van der Waals surface area contributed by atoms with E-state index in [1.807, 2.05) is 46.8 Å². The highest BCUT2D eigenvalue weighted by molar-refractivity contribution is 5.78. The van der Waals surface area contributed by atoms with Crippen LogP contribution in [0.4, 0.5) is 0 Å². The molecule has 0 aliphatic carbocycles. The number of benzene rings is 3. The summed E-state index contributed by atoms with van der Waals surface area (Å²) in [5.41, 5.74) is 14.1. The van der Waals surface area contributed by atoms with Crippen LogP contribution < -0.4 is 0 Å². The number of allylic oxidation sites excluding steroid dienone is 9. The molecule has 244 valence electrons.